The van der Waals surface area contributed by atoms with Crippen LogP contribution in [0.5, 0.6) is 0 Å². The molecule has 0 spiro atoms. The van der Waals surface area contributed by atoms with Gasteiger partial charge < -0.3 is 10.6 Å². The third-order valence-electron chi connectivity index (χ3n) is 3.54. The van der Waals surface area contributed by atoms with Crippen molar-refractivity contribution in [1.29, 1.82) is 0 Å². The summed E-state index contributed by atoms with van der Waals surface area (Å²) in [7, 11) is -3.00. The first-order valence-corrected chi connectivity index (χ1v) is 8.99. The molecule has 1 aromatic carbocycles. The van der Waals surface area contributed by atoms with Gasteiger partial charge in [0.05, 0.1) is 11.5 Å². The fourth-order valence-electron chi connectivity index (χ4n) is 2.38. The van der Waals surface area contributed by atoms with Gasteiger partial charge in [0.25, 0.3) is 5.91 Å². The fourth-order valence-corrected chi connectivity index (χ4v) is 4.05. The largest absolute Gasteiger partial charge is 0.348 e. The monoisotopic (exact) mass is 332 g/mol. The first-order chi connectivity index (χ1) is 11.0. The first kappa shape index (κ1) is 15.4. The zero-order valence-corrected chi connectivity index (χ0v) is 13.1. The molecule has 8 heteroatoms. The molecule has 2 N–H and O–H groups in total. The number of amides is 1. The van der Waals surface area contributed by atoms with Crippen LogP contribution in [-0.2, 0) is 9.84 Å². The van der Waals surface area contributed by atoms with E-state index in [9.17, 15) is 13.2 Å². The molecular formula is C15H16N4O3S. The van der Waals surface area contributed by atoms with Gasteiger partial charge in [-0.3, -0.25) is 4.79 Å². The molecule has 1 amide bonds. The number of hydrogen-bond acceptors (Lipinski definition) is 6. The second-order valence-electron chi connectivity index (χ2n) is 5.35. The minimum atomic E-state index is -3.00. The molecule has 1 saturated heterocycles. The number of hydrogen-bond donors (Lipinski definition) is 2. The Morgan fingerprint density at radius 1 is 1.13 bits per heavy atom. The van der Waals surface area contributed by atoms with E-state index in [-0.39, 0.29) is 23.5 Å². The van der Waals surface area contributed by atoms with Crippen molar-refractivity contribution in [2.45, 2.75) is 12.5 Å². The maximum absolute atomic E-state index is 12.1. The molecule has 1 unspecified atom stereocenters. The molecule has 7 nitrogen and oxygen atoms in total. The standard InChI is InChI=1S/C15H16N4O3S/c20-14(18-13-6-9-23(21,22)10-13)11-2-4-12(5-3-11)19-15-16-7-1-8-17-15/h1-5,7-8,13H,6,9-10H2,(H,18,20)(H,16,17,19). The number of carbonyl (C=O) groups excluding carboxylic acids is 1. The highest BCUT2D eigenvalue weighted by Gasteiger charge is 2.29. The third kappa shape index (κ3) is 4.04. The van der Waals surface area contributed by atoms with Crippen LogP contribution in [0.1, 0.15) is 16.8 Å². The normalized spacial score (nSPS) is 19.2. The maximum Gasteiger partial charge on any atom is 0.251 e. The lowest BCUT2D eigenvalue weighted by molar-refractivity contribution is 0.0941. The predicted octanol–water partition coefficient (Wildman–Crippen LogP) is 1.14. The summed E-state index contributed by atoms with van der Waals surface area (Å²) in [5.41, 5.74) is 1.24. The van der Waals surface area contributed by atoms with Crippen molar-refractivity contribution >= 4 is 27.4 Å². The quantitative estimate of drug-likeness (QED) is 0.870. The molecule has 0 radical (unpaired) electrons. The molecule has 1 aromatic heterocycles. The average molecular weight is 332 g/mol. The molecule has 2 heterocycles. The van der Waals surface area contributed by atoms with Gasteiger partial charge in [0.2, 0.25) is 5.95 Å². The average Bonchev–Trinajstić information content (AvgIpc) is 2.88. The lowest BCUT2D eigenvalue weighted by atomic mass is 10.1. The van der Waals surface area contributed by atoms with Crippen LogP contribution >= 0.6 is 0 Å². The van der Waals surface area contributed by atoms with Crippen LogP contribution < -0.4 is 10.6 Å². The van der Waals surface area contributed by atoms with Crippen molar-refractivity contribution in [2.75, 3.05) is 16.8 Å². The summed E-state index contributed by atoms with van der Waals surface area (Å²) in [4.78, 5) is 20.2. The van der Waals surface area contributed by atoms with Crippen LogP contribution in [0.3, 0.4) is 0 Å². The summed E-state index contributed by atoms with van der Waals surface area (Å²) >= 11 is 0. The number of anilines is 2. The molecule has 120 valence electrons. The van der Waals surface area contributed by atoms with Crippen molar-refractivity contribution in [3.63, 3.8) is 0 Å². The van der Waals surface area contributed by atoms with Crippen LogP contribution in [0.25, 0.3) is 0 Å². The molecule has 0 bridgehead atoms. The highest BCUT2D eigenvalue weighted by atomic mass is 32.2. The van der Waals surface area contributed by atoms with Gasteiger partial charge in [-0.1, -0.05) is 0 Å². The molecule has 3 rings (SSSR count). The Kier molecular flexibility index (Phi) is 4.24. The summed E-state index contributed by atoms with van der Waals surface area (Å²) < 4.78 is 22.8. The molecule has 2 aromatic rings. The SMILES string of the molecule is O=C(NC1CCS(=O)(=O)C1)c1ccc(Nc2ncccn2)cc1. The van der Waals surface area contributed by atoms with Crippen LogP contribution in [0.15, 0.2) is 42.7 Å². The van der Waals surface area contributed by atoms with E-state index in [4.69, 9.17) is 0 Å². The predicted molar refractivity (Wildman–Crippen MR) is 86.3 cm³/mol. The van der Waals surface area contributed by atoms with Gasteiger partial charge in [0.15, 0.2) is 9.84 Å². The molecule has 1 aliphatic rings. The minimum absolute atomic E-state index is 0.0176. The molecular weight excluding hydrogens is 316 g/mol. The van der Waals surface area contributed by atoms with Crippen LogP contribution in [0.2, 0.25) is 0 Å². The number of nitrogens with one attached hydrogen (secondary N) is 2. The Balaban J connectivity index is 1.62. The Hall–Kier alpha value is -2.48. The van der Waals surface area contributed by atoms with E-state index in [0.29, 0.717) is 17.9 Å². The Labute approximate surface area is 134 Å². The second-order valence-corrected chi connectivity index (χ2v) is 7.58. The summed E-state index contributed by atoms with van der Waals surface area (Å²) in [5.74, 6) is 0.359. The van der Waals surface area contributed by atoms with Crippen molar-refractivity contribution in [3.05, 3.63) is 48.3 Å². The number of aromatic nitrogens is 2. The van der Waals surface area contributed by atoms with Gasteiger partial charge in [0, 0.05) is 29.7 Å². The van der Waals surface area contributed by atoms with Gasteiger partial charge in [0.1, 0.15) is 0 Å². The van der Waals surface area contributed by atoms with Crippen LogP contribution in [0.4, 0.5) is 11.6 Å². The van der Waals surface area contributed by atoms with Gasteiger partial charge in [-0.15, -0.1) is 0 Å². The smallest absolute Gasteiger partial charge is 0.251 e. The lowest BCUT2D eigenvalue weighted by Gasteiger charge is -2.11. The van der Waals surface area contributed by atoms with Gasteiger partial charge >= 0.3 is 0 Å². The van der Waals surface area contributed by atoms with Crippen molar-refractivity contribution in [1.82, 2.24) is 15.3 Å². The molecule has 1 atom stereocenters. The summed E-state index contributed by atoms with van der Waals surface area (Å²) in [6, 6.07) is 8.26. The van der Waals surface area contributed by atoms with E-state index < -0.39 is 9.84 Å². The van der Waals surface area contributed by atoms with Crippen LogP contribution in [0, 0.1) is 0 Å². The Morgan fingerprint density at radius 2 is 1.83 bits per heavy atom. The Bertz CT molecular complexity index is 791. The van der Waals surface area contributed by atoms with Crippen LogP contribution in [-0.4, -0.2) is 41.8 Å². The van der Waals surface area contributed by atoms with Gasteiger partial charge in [-0.05, 0) is 36.8 Å². The van der Waals surface area contributed by atoms with Gasteiger partial charge in [-0.2, -0.15) is 0 Å². The molecule has 0 aliphatic carbocycles. The van der Waals surface area contributed by atoms with E-state index in [1.54, 1.807) is 42.7 Å². The molecule has 1 aliphatic heterocycles. The lowest BCUT2D eigenvalue weighted by Crippen LogP contribution is -2.35. The number of rotatable bonds is 4. The van der Waals surface area contributed by atoms with E-state index in [0.717, 1.165) is 5.69 Å². The molecule has 1 fully saturated rings. The van der Waals surface area contributed by atoms with Gasteiger partial charge in [-0.25, -0.2) is 18.4 Å². The topological polar surface area (TPSA) is 101 Å². The number of sulfone groups is 1. The fraction of sp³-hybridized carbons (Fsp3) is 0.267. The number of nitrogens with zero attached hydrogens (tertiary/aromatic N) is 2. The Morgan fingerprint density at radius 3 is 2.43 bits per heavy atom. The van der Waals surface area contributed by atoms with Crippen molar-refractivity contribution in [3.8, 4) is 0 Å². The minimum Gasteiger partial charge on any atom is -0.348 e. The third-order valence-corrected chi connectivity index (χ3v) is 5.30. The first-order valence-electron chi connectivity index (χ1n) is 7.17. The number of carbonyl (C=O) groups is 1. The molecule has 0 saturated carbocycles. The van der Waals surface area contributed by atoms with Crippen molar-refractivity contribution < 1.29 is 13.2 Å². The second kappa shape index (κ2) is 6.33. The maximum atomic E-state index is 12.1. The summed E-state index contributed by atoms with van der Waals surface area (Å²) in [6.45, 7) is 0. The van der Waals surface area contributed by atoms with Crippen molar-refractivity contribution in [2.24, 2.45) is 0 Å². The molecule has 23 heavy (non-hydrogen) atoms. The zero-order valence-electron chi connectivity index (χ0n) is 12.3. The van der Waals surface area contributed by atoms with E-state index in [1.807, 2.05) is 0 Å². The highest BCUT2D eigenvalue weighted by molar-refractivity contribution is 7.91. The van der Waals surface area contributed by atoms with E-state index in [1.165, 1.54) is 0 Å². The van der Waals surface area contributed by atoms with E-state index >= 15 is 0 Å². The summed E-state index contributed by atoms with van der Waals surface area (Å²) in [5, 5.41) is 5.78. The summed E-state index contributed by atoms with van der Waals surface area (Å²) in [6.07, 6.45) is 3.73. The van der Waals surface area contributed by atoms with E-state index in [2.05, 4.69) is 20.6 Å². The number of benzene rings is 1. The highest BCUT2D eigenvalue weighted by Crippen LogP contribution is 2.15. The zero-order chi connectivity index (χ0) is 16.3.